The number of nitrogens with zero attached hydrogens (tertiary/aromatic N) is 2. The zero-order chi connectivity index (χ0) is 33.5. The van der Waals surface area contributed by atoms with Crippen molar-refractivity contribution in [2.24, 2.45) is 5.41 Å². The molecule has 1 aliphatic heterocycles. The minimum atomic E-state index is -1.87. The third kappa shape index (κ3) is 10.5. The zero-order valence-corrected chi connectivity index (χ0v) is 28.0. The Morgan fingerprint density at radius 1 is 1.18 bits per heavy atom. The van der Waals surface area contributed by atoms with Gasteiger partial charge in [-0.05, 0) is 64.7 Å². The summed E-state index contributed by atoms with van der Waals surface area (Å²) in [4.78, 5) is 56.1. The van der Waals surface area contributed by atoms with E-state index >= 15 is 0 Å². The molecule has 14 heteroatoms. The van der Waals surface area contributed by atoms with E-state index in [0.717, 1.165) is 40.5 Å². The van der Waals surface area contributed by atoms with Crippen LogP contribution in [-0.2, 0) is 35.1 Å². The lowest BCUT2D eigenvalue weighted by molar-refractivity contribution is -0.166. The molecule has 1 saturated heterocycles. The fourth-order valence-electron chi connectivity index (χ4n) is 4.43. The Bertz CT molecular complexity index is 1430. The number of aromatic nitrogens is 1. The summed E-state index contributed by atoms with van der Waals surface area (Å²) in [5.41, 5.74) is 4.11. The highest BCUT2D eigenvalue weighted by Gasteiger charge is 2.37. The number of benzene rings is 1. The summed E-state index contributed by atoms with van der Waals surface area (Å²) in [6.45, 7) is 7.43. The Labute approximate surface area is 276 Å². The minimum absolute atomic E-state index is 0.235. The van der Waals surface area contributed by atoms with Crippen LogP contribution in [0.25, 0.3) is 17.0 Å². The van der Waals surface area contributed by atoms with Crippen LogP contribution in [0.2, 0.25) is 0 Å². The summed E-state index contributed by atoms with van der Waals surface area (Å²) in [6, 6.07) is 7.66. The standard InChI is InChI=1S/C31H38Cl3FN4O6/c1-6-22-12-11-21-10-9-20(16-24(21)37-22)13-14-30(4,5)29(43)45-25(18(2)35)26(40)36-19(3)27(41)39-15-7-8-23(38-39)28(42)44-17-31(32,33)34/h9-14,16,18-19,23,25,38H,6-8,15,17H2,1-5H3,(H,36,40)/b14-13+/t18?,19-,23-,25?/m0/s1. The molecule has 0 bridgehead atoms. The molecule has 0 aliphatic carbocycles. The van der Waals surface area contributed by atoms with Gasteiger partial charge in [-0.3, -0.25) is 29.2 Å². The van der Waals surface area contributed by atoms with E-state index in [9.17, 15) is 23.6 Å². The summed E-state index contributed by atoms with van der Waals surface area (Å²) < 4.78 is 23.1. The van der Waals surface area contributed by atoms with Crippen molar-refractivity contribution in [2.45, 2.75) is 82.0 Å². The maximum Gasteiger partial charge on any atom is 0.325 e. The van der Waals surface area contributed by atoms with Crippen LogP contribution >= 0.6 is 34.8 Å². The lowest BCUT2D eigenvalue weighted by Crippen LogP contribution is -2.60. The van der Waals surface area contributed by atoms with Crippen LogP contribution < -0.4 is 10.7 Å². The van der Waals surface area contributed by atoms with Crippen LogP contribution in [-0.4, -0.2) is 75.0 Å². The second-order valence-corrected chi connectivity index (χ2v) is 13.9. The Kier molecular flexibility index (Phi) is 12.6. The van der Waals surface area contributed by atoms with Crippen LogP contribution in [0.15, 0.2) is 36.4 Å². The Morgan fingerprint density at radius 2 is 1.87 bits per heavy atom. The van der Waals surface area contributed by atoms with E-state index in [1.54, 1.807) is 26.0 Å². The van der Waals surface area contributed by atoms with E-state index in [1.165, 1.54) is 6.92 Å². The van der Waals surface area contributed by atoms with Crippen LogP contribution in [0.4, 0.5) is 4.39 Å². The lowest BCUT2D eigenvalue weighted by atomic mass is 9.92. The van der Waals surface area contributed by atoms with Gasteiger partial charge in [0.25, 0.3) is 11.8 Å². The van der Waals surface area contributed by atoms with Gasteiger partial charge in [0.05, 0.1) is 10.9 Å². The van der Waals surface area contributed by atoms with E-state index in [-0.39, 0.29) is 6.54 Å². The Hall–Kier alpha value is -2.99. The summed E-state index contributed by atoms with van der Waals surface area (Å²) in [5.74, 6) is -3.13. The molecule has 1 aromatic heterocycles. The molecule has 10 nitrogen and oxygen atoms in total. The number of nitrogens with one attached hydrogen (secondary N) is 2. The van der Waals surface area contributed by atoms with Gasteiger partial charge in [-0.2, -0.15) is 0 Å². The maximum absolute atomic E-state index is 14.6. The number of hydrogen-bond donors (Lipinski definition) is 2. The number of rotatable bonds is 11. The third-order valence-electron chi connectivity index (χ3n) is 7.11. The molecule has 2 N–H and O–H groups in total. The number of alkyl halides is 4. The highest BCUT2D eigenvalue weighted by Crippen LogP contribution is 2.27. The number of aryl methyl sites for hydroxylation is 1. The van der Waals surface area contributed by atoms with Crippen molar-refractivity contribution in [3.05, 3.63) is 47.7 Å². The molecule has 0 radical (unpaired) electrons. The van der Waals surface area contributed by atoms with Crippen LogP contribution in [0.1, 0.15) is 58.7 Å². The normalized spacial score (nSPS) is 17.9. The predicted molar refractivity (Wildman–Crippen MR) is 171 cm³/mol. The topological polar surface area (TPSA) is 127 Å². The molecule has 45 heavy (non-hydrogen) atoms. The molecule has 0 saturated carbocycles. The fourth-order valence-corrected chi connectivity index (χ4v) is 4.60. The van der Waals surface area contributed by atoms with Gasteiger partial charge >= 0.3 is 11.9 Å². The van der Waals surface area contributed by atoms with Crippen molar-refractivity contribution in [3.63, 3.8) is 0 Å². The molecule has 1 aromatic carbocycles. The SMILES string of the molecule is CCc1ccc2ccc(/C=C/C(C)(C)C(=O)OC(C(=O)N[C@@H](C)C(=O)N3CCC[C@@H](C(=O)OCC(Cl)(Cl)Cl)N3)C(C)F)cc2n1. The summed E-state index contributed by atoms with van der Waals surface area (Å²) in [7, 11) is 0. The van der Waals surface area contributed by atoms with Crippen LogP contribution in [0.5, 0.6) is 0 Å². The van der Waals surface area contributed by atoms with Gasteiger partial charge in [0.1, 0.15) is 24.9 Å². The molecule has 246 valence electrons. The smallest absolute Gasteiger partial charge is 0.325 e. The van der Waals surface area contributed by atoms with Crippen molar-refractivity contribution >= 4 is 75.5 Å². The number of hydrogen-bond acceptors (Lipinski definition) is 8. The van der Waals surface area contributed by atoms with Gasteiger partial charge in [0, 0.05) is 17.6 Å². The number of hydrazine groups is 1. The quantitative estimate of drug-likeness (QED) is 0.249. The van der Waals surface area contributed by atoms with Crippen LogP contribution in [0.3, 0.4) is 0 Å². The number of carbonyl (C=O) groups is 4. The van der Waals surface area contributed by atoms with E-state index in [4.69, 9.17) is 44.3 Å². The second-order valence-electron chi connectivity index (χ2n) is 11.4. The molecule has 1 aliphatic rings. The van der Waals surface area contributed by atoms with Crippen molar-refractivity contribution < 1.29 is 33.0 Å². The molecule has 0 spiro atoms. The first kappa shape index (κ1) is 36.5. The highest BCUT2D eigenvalue weighted by atomic mass is 35.6. The van der Waals surface area contributed by atoms with E-state index in [0.29, 0.717) is 12.8 Å². The molecule has 2 amide bonds. The zero-order valence-electron chi connectivity index (χ0n) is 25.7. The van der Waals surface area contributed by atoms with Gasteiger partial charge in [-0.15, -0.1) is 0 Å². The highest BCUT2D eigenvalue weighted by molar-refractivity contribution is 6.67. The van der Waals surface area contributed by atoms with Crippen molar-refractivity contribution in [1.29, 1.82) is 0 Å². The Morgan fingerprint density at radius 3 is 2.51 bits per heavy atom. The third-order valence-corrected chi connectivity index (χ3v) is 7.44. The van der Waals surface area contributed by atoms with Gasteiger partial charge < -0.3 is 14.8 Å². The minimum Gasteiger partial charge on any atom is -0.460 e. The van der Waals surface area contributed by atoms with E-state index < -0.39 is 63.9 Å². The average Bonchev–Trinajstić information content (AvgIpc) is 2.99. The Balaban J connectivity index is 1.61. The van der Waals surface area contributed by atoms with Crippen molar-refractivity contribution in [2.75, 3.05) is 13.2 Å². The summed E-state index contributed by atoms with van der Waals surface area (Å²) >= 11 is 16.9. The fraction of sp³-hybridized carbons (Fsp3) is 0.516. The molecule has 2 aromatic rings. The second kappa shape index (κ2) is 15.5. The van der Waals surface area contributed by atoms with Crippen molar-refractivity contribution in [3.8, 4) is 0 Å². The van der Waals surface area contributed by atoms with Crippen molar-refractivity contribution in [1.82, 2.24) is 20.7 Å². The van der Waals surface area contributed by atoms with Gasteiger partial charge in [-0.1, -0.05) is 72.1 Å². The molecular formula is C31H38Cl3FN4O6. The number of amides is 2. The lowest BCUT2D eigenvalue weighted by Gasteiger charge is -2.34. The number of halogens is 4. The van der Waals surface area contributed by atoms with Crippen LogP contribution in [0, 0.1) is 5.41 Å². The average molecular weight is 688 g/mol. The first-order valence-electron chi connectivity index (χ1n) is 14.6. The first-order valence-corrected chi connectivity index (χ1v) is 15.7. The molecular weight excluding hydrogens is 650 g/mol. The summed E-state index contributed by atoms with van der Waals surface area (Å²) in [6.07, 6.45) is 1.28. The van der Waals surface area contributed by atoms with Gasteiger partial charge in [0.15, 0.2) is 0 Å². The number of carbonyl (C=O) groups excluding carboxylic acids is 4. The van der Waals surface area contributed by atoms with Gasteiger partial charge in [-0.25, -0.2) is 9.82 Å². The first-order chi connectivity index (χ1) is 21.0. The number of pyridine rings is 1. The molecule has 3 rings (SSSR count). The summed E-state index contributed by atoms with van der Waals surface area (Å²) in [5, 5.41) is 4.55. The number of fused-ring (bicyclic) bond motifs is 1. The largest absolute Gasteiger partial charge is 0.460 e. The molecule has 2 unspecified atom stereocenters. The van der Waals surface area contributed by atoms with E-state index in [2.05, 4.69) is 15.7 Å². The molecule has 2 heterocycles. The molecule has 1 fully saturated rings. The number of ether oxygens (including phenoxy) is 2. The monoisotopic (exact) mass is 686 g/mol. The van der Waals surface area contributed by atoms with Gasteiger partial charge in [0.2, 0.25) is 9.90 Å². The number of esters is 2. The predicted octanol–water partition coefficient (Wildman–Crippen LogP) is 5.02. The maximum atomic E-state index is 14.6. The molecule has 4 atom stereocenters. The van der Waals surface area contributed by atoms with E-state index in [1.807, 2.05) is 37.3 Å².